The number of unbranched alkanes of at least 4 members (excludes halogenated alkanes) is 1. The summed E-state index contributed by atoms with van der Waals surface area (Å²) in [6, 6.07) is 0. The fourth-order valence-corrected chi connectivity index (χ4v) is 5.88. The van der Waals surface area contributed by atoms with Crippen LogP contribution in [0.15, 0.2) is 0 Å². The van der Waals surface area contributed by atoms with Gasteiger partial charge in [0, 0.05) is 0 Å². The van der Waals surface area contributed by atoms with Crippen molar-refractivity contribution >= 4 is 0 Å². The zero-order valence-electron chi connectivity index (χ0n) is 16.8. The molecule has 3 saturated carbocycles. The summed E-state index contributed by atoms with van der Waals surface area (Å²) in [5.41, 5.74) is 0. The third-order valence-corrected chi connectivity index (χ3v) is 7.66. The van der Waals surface area contributed by atoms with E-state index in [2.05, 4.69) is 34.6 Å². The fourth-order valence-electron chi connectivity index (χ4n) is 5.88. The van der Waals surface area contributed by atoms with Gasteiger partial charge in [-0.25, -0.2) is 0 Å². The van der Waals surface area contributed by atoms with Crippen molar-refractivity contribution in [2.45, 2.75) is 105 Å². The van der Waals surface area contributed by atoms with E-state index < -0.39 is 0 Å². The van der Waals surface area contributed by atoms with Gasteiger partial charge in [-0.3, -0.25) is 0 Å². The number of hydrogen-bond donors (Lipinski definition) is 0. The summed E-state index contributed by atoms with van der Waals surface area (Å²) in [7, 11) is 0. The van der Waals surface area contributed by atoms with Gasteiger partial charge >= 0.3 is 0 Å². The zero-order chi connectivity index (χ0) is 16.8. The molecule has 0 N–H and O–H groups in total. The topological polar surface area (TPSA) is 0 Å². The van der Waals surface area contributed by atoms with Gasteiger partial charge in [0.25, 0.3) is 0 Å². The van der Waals surface area contributed by atoms with Crippen LogP contribution >= 0.6 is 0 Å². The van der Waals surface area contributed by atoms with Crippen molar-refractivity contribution in [3.05, 3.63) is 0 Å². The van der Waals surface area contributed by atoms with E-state index in [0.29, 0.717) is 0 Å². The predicted molar refractivity (Wildman–Crippen MR) is 104 cm³/mol. The average molecular weight is 321 g/mol. The van der Waals surface area contributed by atoms with Crippen molar-refractivity contribution < 1.29 is 0 Å². The second-order valence-electron chi connectivity index (χ2n) is 9.47. The largest absolute Gasteiger partial charge is 0.0654 e. The molecule has 0 heteroatoms. The molecular weight excluding hydrogens is 276 g/mol. The van der Waals surface area contributed by atoms with Crippen LogP contribution in [0.1, 0.15) is 105 Å². The molecule has 7 atom stereocenters. The van der Waals surface area contributed by atoms with E-state index in [1.54, 1.807) is 25.7 Å². The Balaban J connectivity index is 0.000000207. The second kappa shape index (κ2) is 9.47. The van der Waals surface area contributed by atoms with Crippen LogP contribution in [-0.4, -0.2) is 0 Å². The van der Waals surface area contributed by atoms with E-state index in [0.717, 1.165) is 41.4 Å². The summed E-state index contributed by atoms with van der Waals surface area (Å²) in [6.45, 7) is 11.9. The van der Waals surface area contributed by atoms with Gasteiger partial charge in [-0.1, -0.05) is 79.6 Å². The molecule has 0 saturated heterocycles. The Labute approximate surface area is 147 Å². The van der Waals surface area contributed by atoms with Crippen LogP contribution < -0.4 is 0 Å². The van der Waals surface area contributed by atoms with E-state index in [9.17, 15) is 0 Å². The minimum Gasteiger partial charge on any atom is -0.0654 e. The molecule has 0 nitrogen and oxygen atoms in total. The molecule has 136 valence electrons. The molecular formula is C23H44. The molecule has 7 unspecified atom stereocenters. The van der Waals surface area contributed by atoms with Crippen LogP contribution in [-0.2, 0) is 0 Å². The first-order chi connectivity index (χ1) is 11.1. The van der Waals surface area contributed by atoms with Crippen molar-refractivity contribution in [3.63, 3.8) is 0 Å². The summed E-state index contributed by atoms with van der Waals surface area (Å²) < 4.78 is 0. The summed E-state index contributed by atoms with van der Waals surface area (Å²) in [6.07, 6.45) is 16.4. The SMILES string of the molecule is CC1CCC2CC3C(C)CCCC3C2C1.CCCCC(C)CC. The molecule has 0 aromatic rings. The van der Waals surface area contributed by atoms with Gasteiger partial charge in [0.1, 0.15) is 0 Å². The first kappa shape index (κ1) is 19.3. The lowest BCUT2D eigenvalue weighted by molar-refractivity contribution is 0.131. The maximum Gasteiger partial charge on any atom is -0.0352 e. The standard InChI is InChI=1S/C15H26.C8H18/c1-10-6-7-12-9-14-11(2)4-3-5-13(14)15(12)8-10;1-4-6-7-8(3)5-2/h10-15H,3-9H2,1-2H3;8H,4-7H2,1-3H3. The molecule has 3 aliphatic carbocycles. The molecule has 0 spiro atoms. The van der Waals surface area contributed by atoms with Gasteiger partial charge < -0.3 is 0 Å². The molecule has 23 heavy (non-hydrogen) atoms. The second-order valence-corrected chi connectivity index (χ2v) is 9.47. The molecule has 0 radical (unpaired) electrons. The van der Waals surface area contributed by atoms with Crippen molar-refractivity contribution in [1.29, 1.82) is 0 Å². The quantitative estimate of drug-likeness (QED) is 0.497. The normalized spacial score (nSPS) is 40.6. The Kier molecular flexibility index (Phi) is 7.96. The highest BCUT2D eigenvalue weighted by molar-refractivity contribution is 4.97. The monoisotopic (exact) mass is 320 g/mol. The lowest BCUT2D eigenvalue weighted by atomic mass is 9.69. The molecule has 0 amide bonds. The molecule has 0 bridgehead atoms. The van der Waals surface area contributed by atoms with Crippen LogP contribution in [0.4, 0.5) is 0 Å². The smallest absolute Gasteiger partial charge is 0.0352 e. The van der Waals surface area contributed by atoms with Crippen LogP contribution in [0.5, 0.6) is 0 Å². The van der Waals surface area contributed by atoms with Crippen molar-refractivity contribution in [1.82, 2.24) is 0 Å². The van der Waals surface area contributed by atoms with Gasteiger partial charge in [-0.2, -0.15) is 0 Å². The van der Waals surface area contributed by atoms with Gasteiger partial charge in [0.05, 0.1) is 0 Å². The van der Waals surface area contributed by atoms with Gasteiger partial charge in [-0.05, 0) is 67.1 Å². The number of hydrogen-bond acceptors (Lipinski definition) is 0. The maximum atomic E-state index is 2.53. The molecule has 3 rings (SSSR count). The van der Waals surface area contributed by atoms with E-state index in [1.165, 1.54) is 44.9 Å². The van der Waals surface area contributed by atoms with Crippen molar-refractivity contribution in [2.75, 3.05) is 0 Å². The Bertz CT molecular complexity index is 320. The van der Waals surface area contributed by atoms with Gasteiger partial charge in [-0.15, -0.1) is 0 Å². The van der Waals surface area contributed by atoms with E-state index in [1.807, 2.05) is 0 Å². The molecule has 3 aliphatic rings. The summed E-state index contributed by atoms with van der Waals surface area (Å²) in [5, 5.41) is 0. The molecule has 0 heterocycles. The molecule has 0 aromatic heterocycles. The Morgan fingerprint density at radius 3 is 2.35 bits per heavy atom. The Hall–Kier alpha value is 0. The minimum atomic E-state index is 0.954. The number of rotatable bonds is 4. The first-order valence-electron chi connectivity index (χ1n) is 11.1. The van der Waals surface area contributed by atoms with Crippen LogP contribution in [0.3, 0.4) is 0 Å². The Morgan fingerprint density at radius 1 is 0.870 bits per heavy atom. The highest BCUT2D eigenvalue weighted by atomic mass is 14.5. The lowest BCUT2D eigenvalue weighted by Crippen LogP contribution is -2.28. The fraction of sp³-hybridized carbons (Fsp3) is 1.00. The average Bonchev–Trinajstić information content (AvgIpc) is 2.93. The van der Waals surface area contributed by atoms with E-state index in [4.69, 9.17) is 0 Å². The predicted octanol–water partition coefficient (Wildman–Crippen LogP) is 7.72. The number of fused-ring (bicyclic) bond motifs is 3. The molecule has 3 fully saturated rings. The summed E-state index contributed by atoms with van der Waals surface area (Å²) in [5.74, 6) is 7.57. The van der Waals surface area contributed by atoms with Crippen molar-refractivity contribution in [2.24, 2.45) is 41.4 Å². The highest BCUT2D eigenvalue weighted by Crippen LogP contribution is 2.56. The first-order valence-corrected chi connectivity index (χ1v) is 11.1. The molecule has 0 aliphatic heterocycles. The van der Waals surface area contributed by atoms with Gasteiger partial charge in [0.15, 0.2) is 0 Å². The zero-order valence-corrected chi connectivity index (χ0v) is 16.8. The van der Waals surface area contributed by atoms with E-state index in [-0.39, 0.29) is 0 Å². The maximum absolute atomic E-state index is 2.53. The van der Waals surface area contributed by atoms with Crippen LogP contribution in [0.25, 0.3) is 0 Å². The summed E-state index contributed by atoms with van der Waals surface area (Å²) in [4.78, 5) is 0. The summed E-state index contributed by atoms with van der Waals surface area (Å²) >= 11 is 0. The van der Waals surface area contributed by atoms with Crippen LogP contribution in [0.2, 0.25) is 0 Å². The van der Waals surface area contributed by atoms with Gasteiger partial charge in [0.2, 0.25) is 0 Å². The van der Waals surface area contributed by atoms with E-state index >= 15 is 0 Å². The third-order valence-electron chi connectivity index (χ3n) is 7.66. The van der Waals surface area contributed by atoms with Crippen LogP contribution in [0, 0.1) is 41.4 Å². The lowest BCUT2D eigenvalue weighted by Gasteiger charge is -2.37. The minimum absolute atomic E-state index is 0.954. The van der Waals surface area contributed by atoms with Crippen molar-refractivity contribution in [3.8, 4) is 0 Å². The molecule has 0 aromatic carbocycles. The third kappa shape index (κ3) is 5.23. The Morgan fingerprint density at radius 2 is 1.65 bits per heavy atom. The highest BCUT2D eigenvalue weighted by Gasteiger charge is 2.47.